The predicted octanol–water partition coefficient (Wildman–Crippen LogP) is 0.562. The minimum Gasteiger partial charge on any atom is -0.347 e. The number of nitrogens with zero attached hydrogens (tertiary/aromatic N) is 1. The van der Waals surface area contributed by atoms with Crippen molar-refractivity contribution >= 4 is 11.8 Å². The summed E-state index contributed by atoms with van der Waals surface area (Å²) in [5.41, 5.74) is 2.60. The van der Waals surface area contributed by atoms with E-state index >= 15 is 0 Å². The van der Waals surface area contributed by atoms with Crippen molar-refractivity contribution in [1.82, 2.24) is 10.2 Å². The van der Waals surface area contributed by atoms with Gasteiger partial charge in [-0.3, -0.25) is 9.59 Å². The predicted molar refractivity (Wildman–Crippen MR) is 94.8 cm³/mol. The first-order chi connectivity index (χ1) is 11.4. The average Bonchev–Trinajstić information content (AvgIpc) is 3.37. The molecule has 1 fully saturated rings. The van der Waals surface area contributed by atoms with Crippen LogP contribution < -0.4 is 10.2 Å². The van der Waals surface area contributed by atoms with Gasteiger partial charge in [-0.05, 0) is 11.5 Å². The van der Waals surface area contributed by atoms with Crippen LogP contribution in [0.5, 0.6) is 0 Å². The molecule has 1 saturated carbocycles. The topological polar surface area (TPSA) is 53.9 Å². The SMILES string of the molecule is CC(C)c1ccc(C[NH+](CC(=O)NCC(=O)N(C)C)C2CC2)cc1. The van der Waals surface area contributed by atoms with Crippen LogP contribution >= 0.6 is 0 Å². The number of benzene rings is 1. The highest BCUT2D eigenvalue weighted by Crippen LogP contribution is 2.17. The first-order valence-electron chi connectivity index (χ1n) is 8.77. The summed E-state index contributed by atoms with van der Waals surface area (Å²) in [4.78, 5) is 26.5. The summed E-state index contributed by atoms with van der Waals surface area (Å²) in [7, 11) is 3.38. The Hall–Kier alpha value is -1.88. The monoisotopic (exact) mass is 332 g/mol. The van der Waals surface area contributed by atoms with Crippen molar-refractivity contribution in [3.8, 4) is 0 Å². The fourth-order valence-electron chi connectivity index (χ4n) is 2.73. The zero-order chi connectivity index (χ0) is 17.7. The van der Waals surface area contributed by atoms with E-state index in [9.17, 15) is 9.59 Å². The maximum absolute atomic E-state index is 12.1. The van der Waals surface area contributed by atoms with Gasteiger partial charge in [-0.25, -0.2) is 0 Å². The van der Waals surface area contributed by atoms with Crippen molar-refractivity contribution in [2.75, 3.05) is 27.2 Å². The number of carbonyl (C=O) groups is 2. The molecule has 0 aromatic heterocycles. The number of nitrogens with one attached hydrogen (secondary N) is 2. The van der Waals surface area contributed by atoms with Crippen molar-refractivity contribution in [3.63, 3.8) is 0 Å². The molecule has 1 atom stereocenters. The Bertz CT molecular complexity index is 562. The number of quaternary nitrogens is 1. The van der Waals surface area contributed by atoms with Gasteiger partial charge in [0.25, 0.3) is 5.91 Å². The Morgan fingerprint density at radius 2 is 1.83 bits per heavy atom. The fourth-order valence-corrected chi connectivity index (χ4v) is 2.73. The standard InChI is InChI=1S/C19H29N3O2/c1-14(2)16-7-5-15(6-8-16)12-22(17-9-10-17)13-18(23)20-11-19(24)21(3)4/h5-8,14,17H,9-13H2,1-4H3,(H,20,23)/p+1. The van der Waals surface area contributed by atoms with E-state index < -0.39 is 0 Å². The summed E-state index contributed by atoms with van der Waals surface area (Å²) >= 11 is 0. The molecule has 0 heterocycles. The van der Waals surface area contributed by atoms with Crippen molar-refractivity contribution < 1.29 is 14.5 Å². The Morgan fingerprint density at radius 1 is 1.21 bits per heavy atom. The molecule has 0 saturated heterocycles. The molecular formula is C19H30N3O2+. The molecule has 1 unspecified atom stereocenters. The number of rotatable bonds is 8. The van der Waals surface area contributed by atoms with E-state index in [1.54, 1.807) is 14.1 Å². The lowest BCUT2D eigenvalue weighted by Gasteiger charge is -2.19. The van der Waals surface area contributed by atoms with Gasteiger partial charge in [0.15, 0.2) is 6.54 Å². The van der Waals surface area contributed by atoms with E-state index in [-0.39, 0.29) is 18.4 Å². The largest absolute Gasteiger partial charge is 0.347 e. The molecule has 1 aromatic rings. The third-order valence-electron chi connectivity index (χ3n) is 4.56. The summed E-state index contributed by atoms with van der Waals surface area (Å²) in [6.07, 6.45) is 2.37. The second-order valence-corrected chi connectivity index (χ2v) is 7.25. The van der Waals surface area contributed by atoms with Crippen LogP contribution in [0, 0.1) is 0 Å². The maximum atomic E-state index is 12.1. The molecule has 132 valence electrons. The summed E-state index contributed by atoms with van der Waals surface area (Å²) in [5, 5.41) is 2.74. The van der Waals surface area contributed by atoms with Crippen LogP contribution in [0.3, 0.4) is 0 Å². The molecule has 0 bridgehead atoms. The fraction of sp³-hybridized carbons (Fsp3) is 0.579. The van der Waals surface area contributed by atoms with E-state index in [4.69, 9.17) is 0 Å². The van der Waals surface area contributed by atoms with E-state index in [0.29, 0.717) is 18.5 Å². The number of hydrogen-bond donors (Lipinski definition) is 2. The third kappa shape index (κ3) is 5.64. The second kappa shape index (κ2) is 8.29. The van der Waals surface area contributed by atoms with Gasteiger partial charge < -0.3 is 15.1 Å². The number of hydrogen-bond acceptors (Lipinski definition) is 2. The summed E-state index contributed by atoms with van der Waals surface area (Å²) < 4.78 is 0. The molecule has 0 radical (unpaired) electrons. The Kier molecular flexibility index (Phi) is 6.37. The highest BCUT2D eigenvalue weighted by molar-refractivity contribution is 5.84. The van der Waals surface area contributed by atoms with Gasteiger partial charge in [0.1, 0.15) is 6.54 Å². The minimum absolute atomic E-state index is 0.0501. The lowest BCUT2D eigenvalue weighted by molar-refractivity contribution is -0.917. The van der Waals surface area contributed by atoms with Gasteiger partial charge >= 0.3 is 0 Å². The van der Waals surface area contributed by atoms with E-state index in [1.807, 2.05) is 0 Å². The van der Waals surface area contributed by atoms with Crippen LogP contribution in [0.15, 0.2) is 24.3 Å². The minimum atomic E-state index is -0.0828. The van der Waals surface area contributed by atoms with Gasteiger partial charge in [0.05, 0.1) is 12.6 Å². The number of amides is 2. The first kappa shape index (κ1) is 18.5. The van der Waals surface area contributed by atoms with Gasteiger partial charge in [-0.2, -0.15) is 0 Å². The van der Waals surface area contributed by atoms with Crippen LogP contribution in [0.4, 0.5) is 0 Å². The molecule has 5 nitrogen and oxygen atoms in total. The molecule has 0 spiro atoms. The van der Waals surface area contributed by atoms with Crippen LogP contribution in [0.25, 0.3) is 0 Å². The molecule has 5 heteroatoms. The van der Waals surface area contributed by atoms with Crippen molar-refractivity contribution in [2.24, 2.45) is 0 Å². The van der Waals surface area contributed by atoms with Crippen molar-refractivity contribution in [2.45, 2.75) is 45.2 Å². The summed E-state index contributed by atoms with van der Waals surface area (Å²) in [6, 6.07) is 9.28. The van der Waals surface area contributed by atoms with E-state index in [2.05, 4.69) is 43.4 Å². The highest BCUT2D eigenvalue weighted by atomic mass is 16.2. The van der Waals surface area contributed by atoms with Crippen LogP contribution in [-0.2, 0) is 16.1 Å². The van der Waals surface area contributed by atoms with E-state index in [0.717, 1.165) is 6.54 Å². The normalized spacial score (nSPS) is 15.2. The Morgan fingerprint density at radius 3 is 2.33 bits per heavy atom. The lowest BCUT2D eigenvalue weighted by Crippen LogP contribution is -3.13. The molecule has 2 N–H and O–H groups in total. The lowest BCUT2D eigenvalue weighted by atomic mass is 10.0. The van der Waals surface area contributed by atoms with Crippen molar-refractivity contribution in [1.29, 1.82) is 0 Å². The quantitative estimate of drug-likeness (QED) is 0.731. The van der Waals surface area contributed by atoms with Crippen LogP contribution in [0.1, 0.15) is 43.7 Å². The molecule has 2 amide bonds. The number of carbonyl (C=O) groups excluding carboxylic acids is 2. The smallest absolute Gasteiger partial charge is 0.275 e. The zero-order valence-electron chi connectivity index (χ0n) is 15.3. The van der Waals surface area contributed by atoms with E-state index in [1.165, 1.54) is 33.8 Å². The number of likely N-dealkylation sites (N-methyl/N-ethyl adjacent to an activating group) is 1. The van der Waals surface area contributed by atoms with Gasteiger partial charge in [-0.1, -0.05) is 38.1 Å². The molecule has 0 aliphatic heterocycles. The molecule has 2 rings (SSSR count). The maximum Gasteiger partial charge on any atom is 0.275 e. The second-order valence-electron chi connectivity index (χ2n) is 7.25. The van der Waals surface area contributed by atoms with Gasteiger partial charge in [0, 0.05) is 32.5 Å². The van der Waals surface area contributed by atoms with Gasteiger partial charge in [0.2, 0.25) is 5.91 Å². The van der Waals surface area contributed by atoms with Gasteiger partial charge in [-0.15, -0.1) is 0 Å². The molecular weight excluding hydrogens is 302 g/mol. The molecule has 1 aliphatic rings. The zero-order valence-corrected chi connectivity index (χ0v) is 15.3. The van der Waals surface area contributed by atoms with Crippen LogP contribution in [-0.4, -0.2) is 49.9 Å². The summed E-state index contributed by atoms with van der Waals surface area (Å²) in [6.45, 7) is 5.74. The highest BCUT2D eigenvalue weighted by Gasteiger charge is 2.34. The molecule has 1 aliphatic carbocycles. The summed E-state index contributed by atoms with van der Waals surface area (Å²) in [5.74, 6) is 0.400. The molecule has 24 heavy (non-hydrogen) atoms. The Balaban J connectivity index is 1.88. The molecule has 1 aromatic carbocycles. The first-order valence-corrected chi connectivity index (χ1v) is 8.77. The Labute approximate surface area is 145 Å². The average molecular weight is 332 g/mol. The van der Waals surface area contributed by atoms with Crippen LogP contribution in [0.2, 0.25) is 0 Å². The van der Waals surface area contributed by atoms with Crippen molar-refractivity contribution in [3.05, 3.63) is 35.4 Å². The third-order valence-corrected chi connectivity index (χ3v) is 4.56.